The standard InChI is InChI=1S/C10H13NO2/c1-12-9-3-4-10(13-2)8-6-11-5-7(8)9/h3-4,11H,5-6H2,1-2H3. The highest BCUT2D eigenvalue weighted by Crippen LogP contribution is 2.33. The quantitative estimate of drug-likeness (QED) is 0.742. The van der Waals surface area contributed by atoms with Crippen LogP contribution in [0.2, 0.25) is 0 Å². The number of methoxy groups -OCH3 is 2. The van der Waals surface area contributed by atoms with Crippen LogP contribution in [0.4, 0.5) is 0 Å². The van der Waals surface area contributed by atoms with Crippen LogP contribution in [0.5, 0.6) is 11.5 Å². The van der Waals surface area contributed by atoms with Gasteiger partial charge in [-0.15, -0.1) is 0 Å². The van der Waals surface area contributed by atoms with Crippen LogP contribution >= 0.6 is 0 Å². The zero-order valence-electron chi connectivity index (χ0n) is 7.89. The Morgan fingerprint density at radius 1 is 1.00 bits per heavy atom. The topological polar surface area (TPSA) is 30.5 Å². The minimum absolute atomic E-state index is 0.871. The van der Waals surface area contributed by atoms with Gasteiger partial charge in [-0.25, -0.2) is 0 Å². The number of hydrogen-bond donors (Lipinski definition) is 1. The molecule has 1 aromatic carbocycles. The summed E-state index contributed by atoms with van der Waals surface area (Å²) < 4.78 is 10.5. The minimum atomic E-state index is 0.871. The zero-order chi connectivity index (χ0) is 9.26. The van der Waals surface area contributed by atoms with E-state index in [2.05, 4.69) is 5.32 Å². The van der Waals surface area contributed by atoms with E-state index < -0.39 is 0 Å². The van der Waals surface area contributed by atoms with Gasteiger partial charge in [0.05, 0.1) is 14.2 Å². The number of benzene rings is 1. The molecule has 0 saturated carbocycles. The Hall–Kier alpha value is -1.22. The number of rotatable bonds is 2. The van der Waals surface area contributed by atoms with Gasteiger partial charge in [0.25, 0.3) is 0 Å². The molecular formula is C10H13NO2. The molecule has 13 heavy (non-hydrogen) atoms. The van der Waals surface area contributed by atoms with Crippen LogP contribution in [0.25, 0.3) is 0 Å². The fourth-order valence-corrected chi connectivity index (χ4v) is 1.73. The van der Waals surface area contributed by atoms with Crippen LogP contribution in [-0.2, 0) is 13.1 Å². The first-order valence-corrected chi connectivity index (χ1v) is 4.30. The first-order chi connectivity index (χ1) is 6.36. The molecule has 0 amide bonds. The molecule has 1 N–H and O–H groups in total. The van der Waals surface area contributed by atoms with E-state index in [9.17, 15) is 0 Å². The van der Waals surface area contributed by atoms with Crippen molar-refractivity contribution in [1.29, 1.82) is 0 Å². The van der Waals surface area contributed by atoms with Crippen molar-refractivity contribution in [3.8, 4) is 11.5 Å². The summed E-state index contributed by atoms with van der Waals surface area (Å²) >= 11 is 0. The van der Waals surface area contributed by atoms with Crippen LogP contribution in [0, 0.1) is 0 Å². The summed E-state index contributed by atoms with van der Waals surface area (Å²) in [7, 11) is 3.39. The third kappa shape index (κ3) is 1.25. The van der Waals surface area contributed by atoms with Gasteiger partial charge in [0.15, 0.2) is 0 Å². The third-order valence-corrected chi connectivity index (χ3v) is 2.39. The number of fused-ring (bicyclic) bond motifs is 1. The van der Waals surface area contributed by atoms with Crippen molar-refractivity contribution in [2.75, 3.05) is 14.2 Å². The largest absolute Gasteiger partial charge is 0.496 e. The van der Waals surface area contributed by atoms with E-state index in [1.807, 2.05) is 12.1 Å². The van der Waals surface area contributed by atoms with Crippen molar-refractivity contribution < 1.29 is 9.47 Å². The first-order valence-electron chi connectivity index (χ1n) is 4.30. The van der Waals surface area contributed by atoms with Gasteiger partial charge in [-0.2, -0.15) is 0 Å². The van der Waals surface area contributed by atoms with E-state index in [1.54, 1.807) is 14.2 Å². The normalized spacial score (nSPS) is 14.0. The van der Waals surface area contributed by atoms with Gasteiger partial charge in [-0.3, -0.25) is 0 Å². The SMILES string of the molecule is COc1ccc(OC)c2c1CNC2. The third-order valence-electron chi connectivity index (χ3n) is 2.39. The maximum Gasteiger partial charge on any atom is 0.123 e. The molecule has 2 rings (SSSR count). The maximum absolute atomic E-state index is 5.26. The van der Waals surface area contributed by atoms with Gasteiger partial charge in [0.1, 0.15) is 11.5 Å². The van der Waals surface area contributed by atoms with E-state index in [1.165, 1.54) is 11.1 Å². The summed E-state index contributed by atoms with van der Waals surface area (Å²) in [5.74, 6) is 1.89. The van der Waals surface area contributed by atoms with Crippen molar-refractivity contribution in [3.63, 3.8) is 0 Å². The van der Waals surface area contributed by atoms with E-state index in [0.717, 1.165) is 24.6 Å². The van der Waals surface area contributed by atoms with Crippen molar-refractivity contribution >= 4 is 0 Å². The Morgan fingerprint density at radius 3 is 1.85 bits per heavy atom. The highest BCUT2D eigenvalue weighted by Gasteiger charge is 2.18. The molecule has 3 nitrogen and oxygen atoms in total. The van der Waals surface area contributed by atoms with E-state index in [4.69, 9.17) is 9.47 Å². The highest BCUT2D eigenvalue weighted by molar-refractivity contribution is 5.50. The lowest BCUT2D eigenvalue weighted by molar-refractivity contribution is 0.398. The van der Waals surface area contributed by atoms with E-state index >= 15 is 0 Å². The summed E-state index contributed by atoms with van der Waals surface area (Å²) in [6.07, 6.45) is 0. The lowest BCUT2D eigenvalue weighted by atomic mass is 10.1. The predicted octanol–water partition coefficient (Wildman–Crippen LogP) is 1.31. The number of hydrogen-bond acceptors (Lipinski definition) is 3. The average Bonchev–Trinajstić information content (AvgIpc) is 2.64. The molecular weight excluding hydrogens is 166 g/mol. The van der Waals surface area contributed by atoms with E-state index in [0.29, 0.717) is 0 Å². The molecule has 0 saturated heterocycles. The lowest BCUT2D eigenvalue weighted by Gasteiger charge is -2.09. The van der Waals surface area contributed by atoms with Gasteiger partial charge in [-0.1, -0.05) is 0 Å². The summed E-state index contributed by atoms with van der Waals surface area (Å²) in [4.78, 5) is 0. The molecule has 0 aliphatic carbocycles. The van der Waals surface area contributed by atoms with Gasteiger partial charge < -0.3 is 14.8 Å². The van der Waals surface area contributed by atoms with Crippen LogP contribution < -0.4 is 14.8 Å². The first kappa shape index (κ1) is 8.38. The Bertz CT molecular complexity index is 292. The molecule has 0 atom stereocenters. The fourth-order valence-electron chi connectivity index (χ4n) is 1.73. The Kier molecular flexibility index (Phi) is 2.10. The Labute approximate surface area is 77.7 Å². The van der Waals surface area contributed by atoms with Crippen LogP contribution in [0.15, 0.2) is 12.1 Å². The fraction of sp³-hybridized carbons (Fsp3) is 0.400. The molecule has 1 aromatic rings. The number of nitrogens with one attached hydrogen (secondary N) is 1. The molecule has 0 radical (unpaired) electrons. The second kappa shape index (κ2) is 3.26. The molecule has 0 fully saturated rings. The summed E-state index contributed by atoms with van der Waals surface area (Å²) in [5, 5.41) is 3.28. The molecule has 70 valence electrons. The molecule has 0 bridgehead atoms. The molecule has 0 aromatic heterocycles. The summed E-state index contributed by atoms with van der Waals surface area (Å²) in [6.45, 7) is 1.74. The van der Waals surface area contributed by atoms with Crippen molar-refractivity contribution in [3.05, 3.63) is 23.3 Å². The zero-order valence-corrected chi connectivity index (χ0v) is 7.89. The van der Waals surface area contributed by atoms with Crippen molar-refractivity contribution in [2.24, 2.45) is 0 Å². The molecule has 1 aliphatic rings. The molecule has 1 heterocycles. The Balaban J connectivity index is 2.52. The van der Waals surface area contributed by atoms with E-state index in [-0.39, 0.29) is 0 Å². The van der Waals surface area contributed by atoms with Gasteiger partial charge in [-0.05, 0) is 12.1 Å². The molecule has 0 spiro atoms. The maximum atomic E-state index is 5.26. The second-order valence-electron chi connectivity index (χ2n) is 3.03. The van der Waals surface area contributed by atoms with Crippen molar-refractivity contribution in [2.45, 2.75) is 13.1 Å². The summed E-state index contributed by atoms with van der Waals surface area (Å²) in [6, 6.07) is 3.90. The Morgan fingerprint density at radius 2 is 1.46 bits per heavy atom. The molecule has 1 aliphatic heterocycles. The summed E-state index contributed by atoms with van der Waals surface area (Å²) in [5.41, 5.74) is 2.45. The highest BCUT2D eigenvalue weighted by atomic mass is 16.5. The van der Waals surface area contributed by atoms with Crippen molar-refractivity contribution in [1.82, 2.24) is 5.32 Å². The lowest BCUT2D eigenvalue weighted by Crippen LogP contribution is -2.00. The molecule has 3 heteroatoms. The number of ether oxygens (including phenoxy) is 2. The minimum Gasteiger partial charge on any atom is -0.496 e. The molecule has 0 unspecified atom stereocenters. The van der Waals surface area contributed by atoms with Crippen LogP contribution in [0.1, 0.15) is 11.1 Å². The monoisotopic (exact) mass is 179 g/mol. The van der Waals surface area contributed by atoms with Gasteiger partial charge in [0.2, 0.25) is 0 Å². The smallest absolute Gasteiger partial charge is 0.123 e. The van der Waals surface area contributed by atoms with Gasteiger partial charge >= 0.3 is 0 Å². The van der Waals surface area contributed by atoms with Gasteiger partial charge in [0, 0.05) is 24.2 Å². The van der Waals surface area contributed by atoms with Crippen LogP contribution in [0.3, 0.4) is 0 Å². The predicted molar refractivity (Wildman–Crippen MR) is 50.1 cm³/mol. The van der Waals surface area contributed by atoms with Crippen LogP contribution in [-0.4, -0.2) is 14.2 Å². The second-order valence-corrected chi connectivity index (χ2v) is 3.03. The average molecular weight is 179 g/mol.